The van der Waals surface area contributed by atoms with Crippen molar-refractivity contribution in [2.75, 3.05) is 0 Å². The second-order valence-corrected chi connectivity index (χ2v) is 5.40. The third kappa shape index (κ3) is 2.05. The molecule has 1 unspecified atom stereocenters. The maximum atomic E-state index is 11.2. The summed E-state index contributed by atoms with van der Waals surface area (Å²) in [7, 11) is 0. The zero-order chi connectivity index (χ0) is 8.59. The Morgan fingerprint density at radius 2 is 1.82 bits per heavy atom. The van der Waals surface area contributed by atoms with Crippen molar-refractivity contribution in [1.29, 1.82) is 0 Å². The molecule has 0 bridgehead atoms. The Balaban J connectivity index is 3.08. The van der Waals surface area contributed by atoms with E-state index in [9.17, 15) is 4.79 Å². The van der Waals surface area contributed by atoms with Crippen molar-refractivity contribution >= 4 is 69.5 Å². The summed E-state index contributed by atoms with van der Waals surface area (Å²) in [5.74, 6) is -0.0347. The summed E-state index contributed by atoms with van der Waals surface area (Å²) >= 11 is 13.0. The zero-order valence-electron chi connectivity index (χ0n) is 5.07. The van der Waals surface area contributed by atoms with E-state index in [2.05, 4.69) is 63.7 Å². The van der Waals surface area contributed by atoms with Crippen LogP contribution in [0.5, 0.6) is 0 Å². The van der Waals surface area contributed by atoms with Gasteiger partial charge in [0.2, 0.25) is 5.78 Å². The van der Waals surface area contributed by atoms with Gasteiger partial charge in [0.15, 0.2) is 0 Å². The molecule has 0 N–H and O–H groups in total. The Morgan fingerprint density at radius 1 is 1.27 bits per heavy atom. The molecule has 1 rings (SSSR count). The van der Waals surface area contributed by atoms with Crippen molar-refractivity contribution in [3.8, 4) is 0 Å². The average Bonchev–Trinajstić information content (AvgIpc) is 1.97. The van der Waals surface area contributed by atoms with Crippen LogP contribution in [0.15, 0.2) is 19.5 Å². The molecular formula is C6H2Br4O. The van der Waals surface area contributed by atoms with Crippen molar-refractivity contribution in [3.63, 3.8) is 0 Å². The highest BCUT2D eigenvalue weighted by atomic mass is 79.9. The molecule has 0 heterocycles. The van der Waals surface area contributed by atoms with E-state index in [1.165, 1.54) is 0 Å². The predicted octanol–water partition coefficient (Wildman–Crippen LogP) is 3.61. The predicted molar refractivity (Wildman–Crippen MR) is 59.6 cm³/mol. The van der Waals surface area contributed by atoms with Gasteiger partial charge < -0.3 is 0 Å². The molecule has 11 heavy (non-hydrogen) atoms. The fourth-order valence-electron chi connectivity index (χ4n) is 0.612. The van der Waals surface area contributed by atoms with Crippen LogP contribution in [0.25, 0.3) is 0 Å². The van der Waals surface area contributed by atoms with Crippen molar-refractivity contribution in [2.24, 2.45) is 0 Å². The minimum absolute atomic E-state index is 0.0347. The van der Waals surface area contributed by atoms with Crippen LogP contribution in [0.1, 0.15) is 0 Å². The second kappa shape index (κ2) is 3.85. The van der Waals surface area contributed by atoms with Crippen LogP contribution in [-0.2, 0) is 4.79 Å². The van der Waals surface area contributed by atoms with E-state index in [4.69, 9.17) is 0 Å². The van der Waals surface area contributed by atoms with Gasteiger partial charge >= 0.3 is 0 Å². The van der Waals surface area contributed by atoms with E-state index in [0.29, 0.717) is 8.96 Å². The number of halogens is 4. The van der Waals surface area contributed by atoms with Crippen molar-refractivity contribution < 1.29 is 4.79 Å². The molecule has 0 saturated heterocycles. The summed E-state index contributed by atoms with van der Waals surface area (Å²) in [5.41, 5.74) is 0. The fourth-order valence-corrected chi connectivity index (χ4v) is 3.27. The quantitative estimate of drug-likeness (QED) is 0.559. The van der Waals surface area contributed by atoms with Crippen LogP contribution < -0.4 is 0 Å². The van der Waals surface area contributed by atoms with Crippen molar-refractivity contribution in [2.45, 2.75) is 4.83 Å². The van der Waals surface area contributed by atoms with Crippen LogP contribution in [0.4, 0.5) is 0 Å². The molecular weight excluding hydrogens is 408 g/mol. The highest BCUT2D eigenvalue weighted by Crippen LogP contribution is 2.35. The normalized spacial score (nSPS) is 25.6. The highest BCUT2D eigenvalue weighted by Gasteiger charge is 2.23. The van der Waals surface area contributed by atoms with Gasteiger partial charge in [-0.3, -0.25) is 4.79 Å². The highest BCUT2D eigenvalue weighted by molar-refractivity contribution is 9.16. The maximum Gasteiger partial charge on any atom is 0.207 e. The number of carbonyl (C=O) groups excluding carboxylic acids is 1. The minimum atomic E-state index is -0.0347. The monoisotopic (exact) mass is 406 g/mol. The number of hydrogen-bond acceptors (Lipinski definition) is 1. The summed E-state index contributed by atoms with van der Waals surface area (Å²) in [5, 5.41) is 0. The summed E-state index contributed by atoms with van der Waals surface area (Å²) in [6.07, 6.45) is 1.79. The molecule has 1 aliphatic carbocycles. The number of hydrogen-bond donors (Lipinski definition) is 0. The Hall–Kier alpha value is 1.07. The van der Waals surface area contributed by atoms with Gasteiger partial charge in [0, 0.05) is 4.48 Å². The fraction of sp³-hybridized carbons (Fsp3) is 0.167. The number of carbonyl (C=O) groups is 1. The van der Waals surface area contributed by atoms with Gasteiger partial charge in [0.1, 0.15) is 0 Å². The van der Waals surface area contributed by atoms with E-state index in [0.717, 1.165) is 4.48 Å². The first-order valence-corrected chi connectivity index (χ1v) is 5.94. The van der Waals surface area contributed by atoms with Crippen LogP contribution >= 0.6 is 63.7 Å². The van der Waals surface area contributed by atoms with Gasteiger partial charge in [0.05, 0.1) is 13.8 Å². The molecule has 0 radical (unpaired) electrons. The Kier molecular flexibility index (Phi) is 3.56. The lowest BCUT2D eigenvalue weighted by Gasteiger charge is -2.12. The molecule has 1 aliphatic rings. The van der Waals surface area contributed by atoms with E-state index < -0.39 is 0 Å². The zero-order valence-corrected chi connectivity index (χ0v) is 11.4. The number of Topliss-reactive ketones (excluding diaryl/α,β-unsaturated/α-hetero) is 1. The van der Waals surface area contributed by atoms with Crippen LogP contribution in [0, 0.1) is 0 Å². The van der Waals surface area contributed by atoms with E-state index in [-0.39, 0.29) is 10.6 Å². The molecule has 0 aromatic rings. The molecule has 60 valence electrons. The number of alkyl halides is 1. The lowest BCUT2D eigenvalue weighted by atomic mass is 10.2. The van der Waals surface area contributed by atoms with Gasteiger partial charge in [-0.2, -0.15) is 0 Å². The third-order valence-corrected chi connectivity index (χ3v) is 5.33. The molecule has 0 spiro atoms. The van der Waals surface area contributed by atoms with Gasteiger partial charge in [-0.15, -0.1) is 0 Å². The van der Waals surface area contributed by atoms with Gasteiger partial charge in [0.25, 0.3) is 0 Å². The second-order valence-electron chi connectivity index (χ2n) is 1.91. The number of allylic oxidation sites excluding steroid dienone is 4. The Labute approximate surface area is 97.8 Å². The molecule has 0 aliphatic heterocycles. The van der Waals surface area contributed by atoms with Crippen LogP contribution in [-0.4, -0.2) is 10.6 Å². The number of ketones is 1. The number of rotatable bonds is 0. The molecule has 1 atom stereocenters. The lowest BCUT2D eigenvalue weighted by Crippen LogP contribution is -2.10. The first-order valence-electron chi connectivity index (χ1n) is 2.65. The maximum absolute atomic E-state index is 11.2. The van der Waals surface area contributed by atoms with Crippen molar-refractivity contribution in [3.05, 3.63) is 19.5 Å². The Bertz CT molecular complexity index is 266. The standard InChI is InChI=1S/C6H2Br4O/c7-2-1-3(8)6(11)5(10)4(2)9/h1-2H. The van der Waals surface area contributed by atoms with E-state index in [1.807, 2.05) is 0 Å². The topological polar surface area (TPSA) is 17.1 Å². The summed E-state index contributed by atoms with van der Waals surface area (Å²) in [6.45, 7) is 0. The SMILES string of the molecule is O=C1C(Br)=CC(Br)C(Br)=C1Br. The van der Waals surface area contributed by atoms with E-state index >= 15 is 0 Å². The van der Waals surface area contributed by atoms with Crippen LogP contribution in [0.2, 0.25) is 0 Å². The lowest BCUT2D eigenvalue weighted by molar-refractivity contribution is -0.111. The molecule has 1 nitrogen and oxygen atoms in total. The molecule has 0 aromatic carbocycles. The van der Waals surface area contributed by atoms with E-state index in [1.54, 1.807) is 6.08 Å². The van der Waals surface area contributed by atoms with Gasteiger partial charge in [-0.1, -0.05) is 31.9 Å². The van der Waals surface area contributed by atoms with Gasteiger partial charge in [-0.05, 0) is 37.9 Å². The third-order valence-electron chi connectivity index (χ3n) is 1.16. The average molecular weight is 410 g/mol. The molecule has 5 heteroatoms. The Morgan fingerprint density at radius 3 is 2.36 bits per heavy atom. The summed E-state index contributed by atoms with van der Waals surface area (Å²) < 4.78 is 1.97. The first kappa shape index (κ1) is 10.2. The smallest absolute Gasteiger partial charge is 0.207 e. The molecule has 0 saturated carbocycles. The van der Waals surface area contributed by atoms with Crippen molar-refractivity contribution in [1.82, 2.24) is 0 Å². The van der Waals surface area contributed by atoms with Crippen LogP contribution in [0.3, 0.4) is 0 Å². The molecule has 0 aromatic heterocycles. The summed E-state index contributed by atoms with van der Waals surface area (Å²) in [4.78, 5) is 11.3. The molecule has 0 fully saturated rings. The largest absolute Gasteiger partial charge is 0.287 e. The summed E-state index contributed by atoms with van der Waals surface area (Å²) in [6, 6.07) is 0. The minimum Gasteiger partial charge on any atom is -0.287 e. The van der Waals surface area contributed by atoms with Gasteiger partial charge in [-0.25, -0.2) is 0 Å². The first-order chi connectivity index (χ1) is 5.04. The molecule has 0 amide bonds.